The highest BCUT2D eigenvalue weighted by atomic mass is 35.5. The molecule has 0 saturated heterocycles. The number of hydrogen-bond acceptors (Lipinski definition) is 3. The molecule has 120 valence electrons. The highest BCUT2D eigenvalue weighted by Gasteiger charge is 2.23. The highest BCUT2D eigenvalue weighted by molar-refractivity contribution is 6.32. The van der Waals surface area contributed by atoms with E-state index < -0.39 is 11.9 Å². The van der Waals surface area contributed by atoms with Crippen LogP contribution >= 0.6 is 11.6 Å². The van der Waals surface area contributed by atoms with Crippen LogP contribution in [0.5, 0.6) is 5.75 Å². The normalized spacial score (nSPS) is 21.0. The van der Waals surface area contributed by atoms with Gasteiger partial charge in [0.05, 0.1) is 5.02 Å². The summed E-state index contributed by atoms with van der Waals surface area (Å²) in [4.78, 5) is 23.5. The number of ether oxygens (including phenoxy) is 1. The predicted molar refractivity (Wildman–Crippen MR) is 85.0 cm³/mol. The van der Waals surface area contributed by atoms with Gasteiger partial charge in [0.2, 0.25) is 0 Å². The summed E-state index contributed by atoms with van der Waals surface area (Å²) < 4.78 is 5.29. The molecule has 2 N–H and O–H groups in total. The first-order valence-corrected chi connectivity index (χ1v) is 7.91. The third-order valence-corrected chi connectivity index (χ3v) is 4.19. The molecule has 1 aromatic carbocycles. The van der Waals surface area contributed by atoms with Gasteiger partial charge in [-0.15, -0.1) is 0 Å². The average molecular weight is 325 g/mol. The monoisotopic (exact) mass is 324 g/mol. The van der Waals surface area contributed by atoms with Gasteiger partial charge in [0.1, 0.15) is 5.75 Å². The lowest BCUT2D eigenvalue weighted by Crippen LogP contribution is -2.48. The predicted octanol–water partition coefficient (Wildman–Crippen LogP) is 3.12. The molecule has 2 atom stereocenters. The maximum Gasteiger partial charge on any atom is 0.321 e. The first kappa shape index (κ1) is 16.6. The van der Waals surface area contributed by atoms with Gasteiger partial charge in [-0.25, -0.2) is 4.79 Å². The second-order valence-electron chi connectivity index (χ2n) is 5.61. The Hall–Kier alpha value is -1.75. The van der Waals surface area contributed by atoms with Gasteiger partial charge in [-0.2, -0.15) is 0 Å². The van der Waals surface area contributed by atoms with Crippen LogP contribution in [0.15, 0.2) is 24.3 Å². The minimum Gasteiger partial charge on any atom is -0.482 e. The Labute approximate surface area is 135 Å². The van der Waals surface area contributed by atoms with Gasteiger partial charge in [0, 0.05) is 6.04 Å². The van der Waals surface area contributed by atoms with Gasteiger partial charge in [-0.3, -0.25) is 10.1 Å². The second kappa shape index (κ2) is 8.03. The van der Waals surface area contributed by atoms with Gasteiger partial charge in [0.15, 0.2) is 6.61 Å². The Morgan fingerprint density at radius 2 is 2.00 bits per heavy atom. The summed E-state index contributed by atoms with van der Waals surface area (Å²) in [5.41, 5.74) is 0. The number of carbonyl (C=O) groups is 2. The van der Waals surface area contributed by atoms with Gasteiger partial charge >= 0.3 is 6.03 Å². The van der Waals surface area contributed by atoms with Crippen molar-refractivity contribution in [1.29, 1.82) is 0 Å². The third-order valence-electron chi connectivity index (χ3n) is 3.88. The lowest BCUT2D eigenvalue weighted by Gasteiger charge is -2.29. The van der Waals surface area contributed by atoms with Crippen molar-refractivity contribution in [2.45, 2.75) is 38.6 Å². The van der Waals surface area contributed by atoms with E-state index in [0.717, 1.165) is 19.3 Å². The van der Waals surface area contributed by atoms with E-state index in [1.54, 1.807) is 24.3 Å². The van der Waals surface area contributed by atoms with Gasteiger partial charge in [-0.05, 0) is 30.9 Å². The molecule has 3 amide bonds. The molecule has 0 spiro atoms. The number of benzene rings is 1. The van der Waals surface area contributed by atoms with E-state index >= 15 is 0 Å². The molecule has 6 heteroatoms. The molecule has 1 aliphatic rings. The molecule has 0 aliphatic heterocycles. The zero-order valence-electron chi connectivity index (χ0n) is 12.6. The van der Waals surface area contributed by atoms with Crippen molar-refractivity contribution in [3.05, 3.63) is 29.3 Å². The molecule has 0 radical (unpaired) electrons. The Morgan fingerprint density at radius 3 is 2.73 bits per heavy atom. The zero-order valence-corrected chi connectivity index (χ0v) is 13.4. The number of carbonyl (C=O) groups excluding carboxylic acids is 2. The summed E-state index contributed by atoms with van der Waals surface area (Å²) in [6.45, 7) is 1.86. The summed E-state index contributed by atoms with van der Waals surface area (Å²) in [6.07, 6.45) is 4.37. The summed E-state index contributed by atoms with van der Waals surface area (Å²) in [5, 5.41) is 5.56. The Bertz CT molecular complexity index is 536. The van der Waals surface area contributed by atoms with Crippen LogP contribution in [0.1, 0.15) is 32.6 Å². The quantitative estimate of drug-likeness (QED) is 0.894. The Kier molecular flexibility index (Phi) is 6.07. The van der Waals surface area contributed by atoms with Crippen LogP contribution in [0.4, 0.5) is 4.79 Å². The molecule has 0 heterocycles. The fourth-order valence-electron chi connectivity index (χ4n) is 2.60. The summed E-state index contributed by atoms with van der Waals surface area (Å²) in [5.74, 6) is 0.357. The number of hydrogen-bond donors (Lipinski definition) is 2. The maximum atomic E-state index is 11.8. The highest BCUT2D eigenvalue weighted by Crippen LogP contribution is 2.24. The Balaban J connectivity index is 1.74. The van der Waals surface area contributed by atoms with Crippen molar-refractivity contribution < 1.29 is 14.3 Å². The summed E-state index contributed by atoms with van der Waals surface area (Å²) in [7, 11) is 0. The van der Waals surface area contributed by atoms with E-state index in [0.29, 0.717) is 16.7 Å². The van der Waals surface area contributed by atoms with Crippen LogP contribution in [-0.2, 0) is 4.79 Å². The lowest BCUT2D eigenvalue weighted by atomic mass is 9.86. The molecule has 0 aromatic heterocycles. The van der Waals surface area contributed by atoms with Crippen LogP contribution < -0.4 is 15.4 Å². The van der Waals surface area contributed by atoms with Crippen molar-refractivity contribution in [2.24, 2.45) is 5.92 Å². The fraction of sp³-hybridized carbons (Fsp3) is 0.500. The molecule has 0 unspecified atom stereocenters. The van der Waals surface area contributed by atoms with Crippen molar-refractivity contribution >= 4 is 23.5 Å². The number of nitrogens with one attached hydrogen (secondary N) is 2. The van der Waals surface area contributed by atoms with E-state index in [1.165, 1.54) is 6.42 Å². The van der Waals surface area contributed by atoms with E-state index in [4.69, 9.17) is 16.3 Å². The third kappa shape index (κ3) is 4.91. The maximum absolute atomic E-state index is 11.8. The van der Waals surface area contributed by atoms with Crippen molar-refractivity contribution in [3.8, 4) is 5.75 Å². The van der Waals surface area contributed by atoms with Crippen LogP contribution in [0, 0.1) is 5.92 Å². The number of imide groups is 1. The first-order chi connectivity index (χ1) is 10.6. The van der Waals surface area contributed by atoms with Gasteiger partial charge in [-0.1, -0.05) is 43.5 Å². The smallest absolute Gasteiger partial charge is 0.321 e. The summed E-state index contributed by atoms with van der Waals surface area (Å²) in [6, 6.07) is 6.54. The molecule has 0 bridgehead atoms. The topological polar surface area (TPSA) is 67.4 Å². The largest absolute Gasteiger partial charge is 0.482 e. The molecule has 2 rings (SSSR count). The molecular formula is C16H21ClN2O3. The van der Waals surface area contributed by atoms with Crippen molar-refractivity contribution in [1.82, 2.24) is 10.6 Å². The standard InChI is InChI=1S/C16H21ClN2O3/c1-11-6-2-4-8-13(11)18-16(21)19-15(20)10-22-14-9-5-3-7-12(14)17/h3,5,7,9,11,13H,2,4,6,8,10H2,1H3,(H2,18,19,20,21)/t11-,13-/m0/s1. The van der Waals surface area contributed by atoms with Crippen LogP contribution in [0.25, 0.3) is 0 Å². The molecule has 1 saturated carbocycles. The number of amides is 3. The lowest BCUT2D eigenvalue weighted by molar-refractivity contribution is -0.122. The minimum atomic E-state index is -0.499. The molecule has 1 aliphatic carbocycles. The van der Waals surface area contributed by atoms with Gasteiger partial charge < -0.3 is 10.1 Å². The van der Waals surface area contributed by atoms with E-state index in [9.17, 15) is 9.59 Å². The number of rotatable bonds is 4. The zero-order chi connectivity index (χ0) is 15.9. The van der Waals surface area contributed by atoms with Crippen molar-refractivity contribution in [3.63, 3.8) is 0 Å². The Morgan fingerprint density at radius 1 is 1.27 bits per heavy atom. The SMILES string of the molecule is C[C@H]1CCCC[C@@H]1NC(=O)NC(=O)COc1ccccc1Cl. The van der Waals surface area contributed by atoms with E-state index in [2.05, 4.69) is 17.6 Å². The number of halogens is 1. The first-order valence-electron chi connectivity index (χ1n) is 7.54. The average Bonchev–Trinajstić information content (AvgIpc) is 2.49. The summed E-state index contributed by atoms with van der Waals surface area (Å²) >= 11 is 5.92. The van der Waals surface area contributed by atoms with Crippen molar-refractivity contribution in [2.75, 3.05) is 6.61 Å². The van der Waals surface area contributed by atoms with Gasteiger partial charge in [0.25, 0.3) is 5.91 Å². The molecule has 5 nitrogen and oxygen atoms in total. The molecule has 1 aromatic rings. The van der Waals surface area contributed by atoms with E-state index in [-0.39, 0.29) is 12.6 Å². The number of para-hydroxylation sites is 1. The minimum absolute atomic E-state index is 0.131. The molecule has 22 heavy (non-hydrogen) atoms. The molecule has 1 fully saturated rings. The van der Waals surface area contributed by atoms with Crippen LogP contribution in [0.3, 0.4) is 0 Å². The molecular weight excluding hydrogens is 304 g/mol. The fourth-order valence-corrected chi connectivity index (χ4v) is 2.79. The van der Waals surface area contributed by atoms with E-state index in [1.807, 2.05) is 0 Å². The van der Waals surface area contributed by atoms with Crippen LogP contribution in [0.2, 0.25) is 5.02 Å². The second-order valence-corrected chi connectivity index (χ2v) is 6.02. The number of urea groups is 1. The van der Waals surface area contributed by atoms with Crippen LogP contribution in [-0.4, -0.2) is 24.6 Å².